The van der Waals surface area contributed by atoms with Crippen molar-refractivity contribution < 1.29 is 14.3 Å². The van der Waals surface area contributed by atoms with Crippen LogP contribution in [0.15, 0.2) is 54.6 Å². The normalized spacial score (nSPS) is 18.6. The summed E-state index contributed by atoms with van der Waals surface area (Å²) in [6.07, 6.45) is 3.49. The van der Waals surface area contributed by atoms with Crippen molar-refractivity contribution >= 4 is 28.4 Å². The molecule has 0 spiro atoms. The van der Waals surface area contributed by atoms with E-state index in [2.05, 4.69) is 16.0 Å². The number of fused-ring (bicyclic) bond motifs is 1. The molecule has 0 bridgehead atoms. The summed E-state index contributed by atoms with van der Waals surface area (Å²) in [5.74, 6) is 0.300. The maximum Gasteiger partial charge on any atom is 0.268 e. The van der Waals surface area contributed by atoms with Crippen molar-refractivity contribution in [2.45, 2.75) is 37.8 Å². The molecule has 2 amide bonds. The quantitative estimate of drug-likeness (QED) is 0.379. The average Bonchev–Trinajstić information content (AvgIpc) is 3.23. The third-order valence-electron chi connectivity index (χ3n) is 6.88. The standard InChI is InChI=1S/C27H35N5O3/c1-32-24-10-6-3-7-18(24)15-25(32)27(34)31-23-9-5-4-8-22(23)26(33)30-20(16-28)17-29-19-11-13-21(35-2)14-12-19/h3,6-7,10-15,20,22-23,29H,4-5,8-9,16-17,28H2,1-2H3,(H,30,33)(H,31,34)/t20-,22+,23-/m0/s1. The first-order chi connectivity index (χ1) is 17.0. The van der Waals surface area contributed by atoms with Crippen molar-refractivity contribution in [3.8, 4) is 5.75 Å². The van der Waals surface area contributed by atoms with Crippen molar-refractivity contribution in [1.29, 1.82) is 0 Å². The maximum absolute atomic E-state index is 13.2. The second-order valence-corrected chi connectivity index (χ2v) is 9.17. The van der Waals surface area contributed by atoms with E-state index in [4.69, 9.17) is 10.5 Å². The summed E-state index contributed by atoms with van der Waals surface area (Å²) in [6.45, 7) is 0.822. The van der Waals surface area contributed by atoms with E-state index in [1.807, 2.05) is 66.2 Å². The molecule has 186 valence electrons. The Morgan fingerprint density at radius 3 is 2.57 bits per heavy atom. The lowest BCUT2D eigenvalue weighted by molar-refractivity contribution is -0.127. The number of methoxy groups -OCH3 is 1. The van der Waals surface area contributed by atoms with Crippen LogP contribution >= 0.6 is 0 Å². The predicted octanol–water partition coefficient (Wildman–Crippen LogP) is 3.03. The summed E-state index contributed by atoms with van der Waals surface area (Å²) in [6, 6.07) is 17.0. The van der Waals surface area contributed by atoms with Crippen molar-refractivity contribution in [2.75, 3.05) is 25.5 Å². The molecule has 3 aromatic rings. The zero-order chi connectivity index (χ0) is 24.8. The number of ether oxygens (including phenoxy) is 1. The molecule has 2 aromatic carbocycles. The van der Waals surface area contributed by atoms with Gasteiger partial charge in [-0.3, -0.25) is 9.59 Å². The minimum Gasteiger partial charge on any atom is -0.497 e. The summed E-state index contributed by atoms with van der Waals surface area (Å²) in [5.41, 5.74) is 8.49. The molecular weight excluding hydrogens is 442 g/mol. The highest BCUT2D eigenvalue weighted by atomic mass is 16.5. The molecular formula is C27H35N5O3. The van der Waals surface area contributed by atoms with Gasteiger partial charge in [-0.2, -0.15) is 0 Å². The number of aryl methyl sites for hydroxylation is 1. The lowest BCUT2D eigenvalue weighted by Crippen LogP contribution is -2.53. The Morgan fingerprint density at radius 1 is 1.11 bits per heavy atom. The Morgan fingerprint density at radius 2 is 1.86 bits per heavy atom. The second kappa shape index (κ2) is 11.3. The van der Waals surface area contributed by atoms with E-state index in [-0.39, 0.29) is 29.8 Å². The van der Waals surface area contributed by atoms with Gasteiger partial charge in [0.25, 0.3) is 5.91 Å². The zero-order valence-corrected chi connectivity index (χ0v) is 20.4. The van der Waals surface area contributed by atoms with Gasteiger partial charge in [0.1, 0.15) is 11.4 Å². The van der Waals surface area contributed by atoms with Gasteiger partial charge in [0.15, 0.2) is 0 Å². The highest BCUT2D eigenvalue weighted by Crippen LogP contribution is 2.26. The van der Waals surface area contributed by atoms with Gasteiger partial charge in [0.2, 0.25) is 5.91 Å². The number of nitrogens with zero attached hydrogens (tertiary/aromatic N) is 1. The molecule has 5 N–H and O–H groups in total. The molecule has 8 heteroatoms. The fourth-order valence-electron chi connectivity index (χ4n) is 4.82. The molecule has 1 aromatic heterocycles. The van der Waals surface area contributed by atoms with Gasteiger partial charge in [-0.15, -0.1) is 0 Å². The molecule has 4 rings (SSSR count). The lowest BCUT2D eigenvalue weighted by Gasteiger charge is -2.32. The van der Waals surface area contributed by atoms with Crippen molar-refractivity contribution in [1.82, 2.24) is 15.2 Å². The molecule has 1 heterocycles. The molecule has 8 nitrogen and oxygen atoms in total. The summed E-state index contributed by atoms with van der Waals surface area (Å²) in [5, 5.41) is 10.6. The fraction of sp³-hybridized carbons (Fsp3) is 0.407. The molecule has 1 fully saturated rings. The van der Waals surface area contributed by atoms with Crippen molar-refractivity contribution in [3.63, 3.8) is 0 Å². The summed E-state index contributed by atoms with van der Waals surface area (Å²) < 4.78 is 7.09. The summed E-state index contributed by atoms with van der Waals surface area (Å²) >= 11 is 0. The van der Waals surface area contributed by atoms with Crippen LogP contribution in [0.1, 0.15) is 36.2 Å². The van der Waals surface area contributed by atoms with E-state index in [0.717, 1.165) is 48.0 Å². The van der Waals surface area contributed by atoms with E-state index in [0.29, 0.717) is 18.8 Å². The number of rotatable bonds is 9. The number of hydrogen-bond donors (Lipinski definition) is 4. The number of amides is 2. The first-order valence-corrected chi connectivity index (χ1v) is 12.2. The van der Waals surface area contributed by atoms with Gasteiger partial charge in [0, 0.05) is 42.8 Å². The van der Waals surface area contributed by atoms with E-state index in [1.54, 1.807) is 7.11 Å². The van der Waals surface area contributed by atoms with Crippen LogP contribution in [0.25, 0.3) is 10.9 Å². The van der Waals surface area contributed by atoms with Gasteiger partial charge in [-0.25, -0.2) is 0 Å². The van der Waals surface area contributed by atoms with Crippen LogP contribution in [0.5, 0.6) is 5.75 Å². The molecule has 0 aliphatic heterocycles. The number of anilines is 1. The molecule has 1 aliphatic rings. The number of nitrogens with two attached hydrogens (primary N) is 1. The molecule has 0 unspecified atom stereocenters. The maximum atomic E-state index is 13.2. The summed E-state index contributed by atoms with van der Waals surface area (Å²) in [7, 11) is 3.52. The van der Waals surface area contributed by atoms with Crippen LogP contribution in [0, 0.1) is 5.92 Å². The Hall–Kier alpha value is -3.52. The second-order valence-electron chi connectivity index (χ2n) is 9.17. The number of nitrogens with one attached hydrogen (secondary N) is 3. The van der Waals surface area contributed by atoms with Crippen molar-refractivity contribution in [3.05, 3.63) is 60.3 Å². The third-order valence-corrected chi connectivity index (χ3v) is 6.88. The largest absolute Gasteiger partial charge is 0.497 e. The molecule has 1 saturated carbocycles. The van der Waals surface area contributed by atoms with Crippen LogP contribution in [-0.2, 0) is 11.8 Å². The fourth-order valence-corrected chi connectivity index (χ4v) is 4.82. The van der Waals surface area contributed by atoms with Crippen LogP contribution in [0.2, 0.25) is 0 Å². The number of aromatic nitrogens is 1. The number of hydrogen-bond acceptors (Lipinski definition) is 5. The average molecular weight is 478 g/mol. The predicted molar refractivity (Wildman–Crippen MR) is 139 cm³/mol. The summed E-state index contributed by atoms with van der Waals surface area (Å²) in [4.78, 5) is 26.4. The zero-order valence-electron chi connectivity index (χ0n) is 20.4. The van der Waals surface area contributed by atoms with Crippen LogP contribution in [0.3, 0.4) is 0 Å². The number of benzene rings is 2. The number of carbonyl (C=O) groups is 2. The molecule has 0 radical (unpaired) electrons. The van der Waals surface area contributed by atoms with E-state index < -0.39 is 0 Å². The Balaban J connectivity index is 1.37. The number of carbonyl (C=O) groups excluding carboxylic acids is 2. The van der Waals surface area contributed by atoms with Crippen LogP contribution in [-0.4, -0.2) is 48.7 Å². The first kappa shape index (κ1) is 24.6. The minimum atomic E-state index is -0.280. The van der Waals surface area contributed by atoms with E-state index >= 15 is 0 Å². The highest BCUT2D eigenvalue weighted by Gasteiger charge is 2.33. The van der Waals surface area contributed by atoms with Gasteiger partial charge < -0.3 is 31.0 Å². The Kier molecular flexibility index (Phi) is 7.92. The smallest absolute Gasteiger partial charge is 0.268 e. The lowest BCUT2D eigenvalue weighted by atomic mass is 9.83. The Labute approximate surface area is 206 Å². The SMILES string of the molecule is COc1ccc(NC[C@H](CN)NC(=O)[C@@H]2CCCC[C@@H]2NC(=O)c2cc3ccccc3n2C)cc1. The van der Waals surface area contributed by atoms with Gasteiger partial charge in [0.05, 0.1) is 19.1 Å². The van der Waals surface area contributed by atoms with Gasteiger partial charge in [-0.1, -0.05) is 31.0 Å². The molecule has 1 aliphatic carbocycles. The van der Waals surface area contributed by atoms with Gasteiger partial charge >= 0.3 is 0 Å². The monoisotopic (exact) mass is 477 g/mol. The molecule has 35 heavy (non-hydrogen) atoms. The Bertz CT molecular complexity index is 1160. The van der Waals surface area contributed by atoms with Crippen LogP contribution < -0.4 is 26.4 Å². The van der Waals surface area contributed by atoms with E-state index in [1.165, 1.54) is 0 Å². The molecule has 3 atom stereocenters. The topological polar surface area (TPSA) is 110 Å². The molecule has 0 saturated heterocycles. The van der Waals surface area contributed by atoms with Gasteiger partial charge in [-0.05, 0) is 49.2 Å². The minimum absolute atomic E-state index is 0.0565. The van der Waals surface area contributed by atoms with Crippen molar-refractivity contribution in [2.24, 2.45) is 18.7 Å². The third kappa shape index (κ3) is 5.77. The number of para-hydroxylation sites is 1. The highest BCUT2D eigenvalue weighted by molar-refractivity contribution is 5.99. The first-order valence-electron chi connectivity index (χ1n) is 12.2. The van der Waals surface area contributed by atoms with E-state index in [9.17, 15) is 9.59 Å². The van der Waals surface area contributed by atoms with Crippen LogP contribution in [0.4, 0.5) is 5.69 Å².